The number of hydrogen-bond acceptors (Lipinski definition) is 5. The van der Waals surface area contributed by atoms with E-state index in [9.17, 15) is 14.4 Å². The second-order valence-corrected chi connectivity index (χ2v) is 7.15. The van der Waals surface area contributed by atoms with Gasteiger partial charge in [-0.05, 0) is 12.3 Å². The van der Waals surface area contributed by atoms with Crippen molar-refractivity contribution in [3.05, 3.63) is 72.9 Å². The van der Waals surface area contributed by atoms with Gasteiger partial charge in [0.25, 0.3) is 0 Å². The molecule has 0 aliphatic heterocycles. The third-order valence-corrected chi connectivity index (χ3v) is 5.84. The van der Waals surface area contributed by atoms with Gasteiger partial charge in [-0.1, -0.05) is 60.7 Å². The lowest BCUT2D eigenvalue weighted by Crippen LogP contribution is -2.51. The van der Waals surface area contributed by atoms with Gasteiger partial charge in [0.15, 0.2) is 11.2 Å². The standard InChI is InChI=1S/C23H24O5/c1-4-14-23(21(25)27-2,22(26)28-3)18-13-11-15-10-12-17(18)19(15)20(24)16-8-6-5-7-9-16/h4-13,15,17-19H,1,14H2,2-3H3/t15-,17+,18-,19?/m1/s1. The SMILES string of the molecule is C=CCC(C(=O)OC)(C(=O)OC)[C@@H]1C=C[C@H]2C=C[C@@H]1C2C(=O)c1ccccc1. The Morgan fingerprint density at radius 2 is 1.61 bits per heavy atom. The first kappa shape index (κ1) is 19.8. The molecule has 0 radical (unpaired) electrons. The number of carbonyl (C=O) groups excluding carboxylic acids is 3. The van der Waals surface area contributed by atoms with E-state index >= 15 is 0 Å². The van der Waals surface area contributed by atoms with Gasteiger partial charge in [0, 0.05) is 23.3 Å². The molecule has 0 spiro atoms. The topological polar surface area (TPSA) is 69.7 Å². The van der Waals surface area contributed by atoms with Crippen molar-refractivity contribution in [1.29, 1.82) is 0 Å². The lowest BCUT2D eigenvalue weighted by atomic mass is 9.60. The normalized spacial score (nSPS) is 25.2. The highest BCUT2D eigenvalue weighted by Crippen LogP contribution is 2.51. The number of fused-ring (bicyclic) bond motifs is 2. The minimum atomic E-state index is -1.58. The number of carbonyl (C=O) groups is 3. The summed E-state index contributed by atoms with van der Waals surface area (Å²) in [6.07, 6.45) is 9.23. The molecule has 0 fully saturated rings. The van der Waals surface area contributed by atoms with E-state index in [1.165, 1.54) is 20.3 Å². The van der Waals surface area contributed by atoms with Gasteiger partial charge in [0.2, 0.25) is 0 Å². The summed E-state index contributed by atoms with van der Waals surface area (Å²) >= 11 is 0. The Balaban J connectivity index is 2.06. The lowest BCUT2D eigenvalue weighted by Gasteiger charge is -2.41. The van der Waals surface area contributed by atoms with Gasteiger partial charge in [-0.3, -0.25) is 14.4 Å². The molecule has 1 unspecified atom stereocenters. The first-order valence-electron chi connectivity index (χ1n) is 9.25. The minimum absolute atomic E-state index is 0.00261. The largest absolute Gasteiger partial charge is 0.468 e. The summed E-state index contributed by atoms with van der Waals surface area (Å²) < 4.78 is 10.0. The maximum atomic E-state index is 13.2. The number of allylic oxidation sites excluding steroid dienone is 5. The van der Waals surface area contributed by atoms with Crippen LogP contribution in [0.2, 0.25) is 0 Å². The lowest BCUT2D eigenvalue weighted by molar-refractivity contribution is -0.174. The van der Waals surface area contributed by atoms with E-state index < -0.39 is 23.3 Å². The molecule has 1 aromatic carbocycles. The predicted octanol–water partition coefficient (Wildman–Crippen LogP) is 3.38. The highest BCUT2D eigenvalue weighted by molar-refractivity contribution is 6.02. The number of hydrogen-bond donors (Lipinski definition) is 0. The number of ketones is 1. The van der Waals surface area contributed by atoms with Crippen molar-refractivity contribution in [3.63, 3.8) is 0 Å². The first-order chi connectivity index (χ1) is 13.5. The van der Waals surface area contributed by atoms with E-state index in [-0.39, 0.29) is 30.0 Å². The molecule has 0 amide bonds. The van der Waals surface area contributed by atoms with E-state index in [4.69, 9.17) is 9.47 Å². The van der Waals surface area contributed by atoms with Crippen LogP contribution in [0.25, 0.3) is 0 Å². The van der Waals surface area contributed by atoms with Gasteiger partial charge >= 0.3 is 11.9 Å². The Labute approximate surface area is 164 Å². The molecule has 5 nitrogen and oxygen atoms in total. The van der Waals surface area contributed by atoms with Crippen LogP contribution in [0.1, 0.15) is 16.8 Å². The molecule has 2 aliphatic rings. The molecule has 5 heteroatoms. The van der Waals surface area contributed by atoms with E-state index in [0.29, 0.717) is 5.56 Å². The molecule has 0 saturated heterocycles. The fraction of sp³-hybridized carbons (Fsp3) is 0.348. The van der Waals surface area contributed by atoms with Crippen molar-refractivity contribution < 1.29 is 23.9 Å². The van der Waals surface area contributed by atoms with E-state index in [2.05, 4.69) is 6.58 Å². The van der Waals surface area contributed by atoms with Crippen LogP contribution >= 0.6 is 0 Å². The molecule has 3 rings (SSSR count). The van der Waals surface area contributed by atoms with Gasteiger partial charge in [-0.15, -0.1) is 6.58 Å². The molecule has 1 aromatic rings. The number of methoxy groups -OCH3 is 2. The monoisotopic (exact) mass is 380 g/mol. The van der Waals surface area contributed by atoms with Crippen LogP contribution in [0.3, 0.4) is 0 Å². The third kappa shape index (κ3) is 3.01. The quantitative estimate of drug-likeness (QED) is 0.314. The summed E-state index contributed by atoms with van der Waals surface area (Å²) in [6, 6.07) is 9.07. The number of rotatable bonds is 7. The number of esters is 2. The first-order valence-corrected chi connectivity index (χ1v) is 9.25. The number of ether oxygens (including phenoxy) is 2. The zero-order chi connectivity index (χ0) is 20.3. The average Bonchev–Trinajstić information content (AvgIpc) is 3.03. The Bertz CT molecular complexity index is 820. The van der Waals surface area contributed by atoms with Crippen LogP contribution in [0.15, 0.2) is 67.3 Å². The minimum Gasteiger partial charge on any atom is -0.468 e. The molecule has 2 aliphatic carbocycles. The van der Waals surface area contributed by atoms with Crippen LogP contribution in [-0.4, -0.2) is 31.9 Å². The van der Waals surface area contributed by atoms with Crippen LogP contribution in [-0.2, 0) is 19.1 Å². The number of Topliss-reactive ketones (excluding diaryl/α,β-unsaturated/α-hetero) is 1. The summed E-state index contributed by atoms with van der Waals surface area (Å²) in [6.45, 7) is 3.71. The summed E-state index contributed by atoms with van der Waals surface area (Å²) in [5.74, 6) is -2.70. The molecule has 0 heterocycles. The van der Waals surface area contributed by atoms with Crippen LogP contribution in [0.5, 0.6) is 0 Å². The van der Waals surface area contributed by atoms with Crippen molar-refractivity contribution in [2.45, 2.75) is 6.42 Å². The van der Waals surface area contributed by atoms with E-state index in [1.807, 2.05) is 42.5 Å². The van der Waals surface area contributed by atoms with Gasteiger partial charge in [0.1, 0.15) is 0 Å². The zero-order valence-corrected chi connectivity index (χ0v) is 16.0. The molecular weight excluding hydrogens is 356 g/mol. The van der Waals surface area contributed by atoms with Crippen molar-refractivity contribution >= 4 is 17.7 Å². The predicted molar refractivity (Wildman–Crippen MR) is 104 cm³/mol. The van der Waals surface area contributed by atoms with Crippen LogP contribution in [0, 0.1) is 29.1 Å². The second kappa shape index (κ2) is 7.97. The van der Waals surface area contributed by atoms with Crippen molar-refractivity contribution in [2.24, 2.45) is 29.1 Å². The summed E-state index contributed by atoms with van der Waals surface area (Å²) in [5.41, 5.74) is -0.966. The Morgan fingerprint density at radius 3 is 2.18 bits per heavy atom. The zero-order valence-electron chi connectivity index (χ0n) is 16.0. The van der Waals surface area contributed by atoms with Crippen molar-refractivity contribution in [1.82, 2.24) is 0 Å². The van der Waals surface area contributed by atoms with E-state index in [1.54, 1.807) is 12.1 Å². The molecule has 0 N–H and O–H groups in total. The van der Waals surface area contributed by atoms with Gasteiger partial charge in [0.05, 0.1) is 14.2 Å². The maximum Gasteiger partial charge on any atom is 0.324 e. The molecule has 146 valence electrons. The Hall–Kier alpha value is -2.95. The molecule has 4 atom stereocenters. The van der Waals surface area contributed by atoms with Crippen LogP contribution < -0.4 is 0 Å². The van der Waals surface area contributed by atoms with Gasteiger partial charge in [-0.25, -0.2) is 0 Å². The highest BCUT2D eigenvalue weighted by Gasteiger charge is 2.58. The highest BCUT2D eigenvalue weighted by atomic mass is 16.5. The van der Waals surface area contributed by atoms with Crippen molar-refractivity contribution in [2.75, 3.05) is 14.2 Å². The van der Waals surface area contributed by atoms with Gasteiger partial charge < -0.3 is 9.47 Å². The smallest absolute Gasteiger partial charge is 0.324 e. The van der Waals surface area contributed by atoms with Gasteiger partial charge in [-0.2, -0.15) is 0 Å². The summed E-state index contributed by atoms with van der Waals surface area (Å²) in [5, 5.41) is 0. The molecular formula is C23H24O5. The molecule has 28 heavy (non-hydrogen) atoms. The molecule has 0 saturated carbocycles. The fourth-order valence-electron chi connectivity index (χ4n) is 4.54. The average molecular weight is 380 g/mol. The van der Waals surface area contributed by atoms with Crippen molar-refractivity contribution in [3.8, 4) is 0 Å². The third-order valence-electron chi connectivity index (χ3n) is 5.84. The summed E-state index contributed by atoms with van der Waals surface area (Å²) in [4.78, 5) is 38.9. The van der Waals surface area contributed by atoms with E-state index in [0.717, 1.165) is 0 Å². The number of benzene rings is 1. The van der Waals surface area contributed by atoms with Crippen LogP contribution in [0.4, 0.5) is 0 Å². The Kier molecular flexibility index (Phi) is 5.63. The summed E-state index contributed by atoms with van der Waals surface area (Å²) in [7, 11) is 2.49. The Morgan fingerprint density at radius 1 is 1.00 bits per heavy atom. The second-order valence-electron chi connectivity index (χ2n) is 7.15. The maximum absolute atomic E-state index is 13.2. The fourth-order valence-corrected chi connectivity index (χ4v) is 4.54. The molecule has 2 bridgehead atoms. The molecule has 0 aromatic heterocycles.